The van der Waals surface area contributed by atoms with Gasteiger partial charge < -0.3 is 0 Å². The highest BCUT2D eigenvalue weighted by molar-refractivity contribution is 7.10. The van der Waals surface area contributed by atoms with Gasteiger partial charge in [-0.1, -0.05) is 26.8 Å². The van der Waals surface area contributed by atoms with Gasteiger partial charge in [0.05, 0.1) is 6.04 Å². The van der Waals surface area contributed by atoms with Gasteiger partial charge in [-0.15, -0.1) is 21.5 Å². The lowest BCUT2D eigenvalue weighted by Crippen LogP contribution is -2.21. The first kappa shape index (κ1) is 12.6. The van der Waals surface area contributed by atoms with Crippen molar-refractivity contribution in [2.24, 2.45) is 0 Å². The molecule has 17 heavy (non-hydrogen) atoms. The van der Waals surface area contributed by atoms with Gasteiger partial charge in [-0.05, 0) is 30.0 Å². The topological polar surface area (TPSA) is 30.7 Å². The molecule has 0 saturated heterocycles. The van der Waals surface area contributed by atoms with E-state index in [1.807, 2.05) is 10.6 Å². The van der Waals surface area contributed by atoms with Crippen molar-refractivity contribution in [1.82, 2.24) is 14.8 Å². The molecule has 2 aromatic rings. The second kappa shape index (κ2) is 4.42. The highest BCUT2D eigenvalue weighted by Crippen LogP contribution is 2.31. The number of hydrogen-bond donors (Lipinski definition) is 0. The summed E-state index contributed by atoms with van der Waals surface area (Å²) in [6.07, 6.45) is 0. The van der Waals surface area contributed by atoms with Gasteiger partial charge in [-0.3, -0.25) is 4.57 Å². The molecule has 0 amide bonds. The Morgan fingerprint density at radius 2 is 2.06 bits per heavy atom. The lowest BCUT2D eigenvalue weighted by atomic mass is 9.95. The molecule has 1 atom stereocenters. The first-order valence-electron chi connectivity index (χ1n) is 5.55. The minimum Gasteiger partial charge on any atom is -0.293 e. The van der Waals surface area contributed by atoms with E-state index >= 15 is 0 Å². The summed E-state index contributed by atoms with van der Waals surface area (Å²) in [7, 11) is 0. The van der Waals surface area contributed by atoms with E-state index in [-0.39, 0.29) is 11.5 Å². The molecule has 0 aliphatic rings. The first-order valence-corrected chi connectivity index (χ1v) is 6.81. The van der Waals surface area contributed by atoms with Crippen LogP contribution in [-0.2, 0) is 5.41 Å². The number of aromatic nitrogens is 3. The zero-order chi connectivity index (χ0) is 12.6. The van der Waals surface area contributed by atoms with Crippen LogP contribution >= 0.6 is 22.9 Å². The van der Waals surface area contributed by atoms with Gasteiger partial charge in [-0.2, -0.15) is 0 Å². The van der Waals surface area contributed by atoms with E-state index in [4.69, 9.17) is 11.6 Å². The fraction of sp³-hybridized carbons (Fsp3) is 0.500. The maximum Gasteiger partial charge on any atom is 0.225 e. The fourth-order valence-electron chi connectivity index (χ4n) is 1.78. The molecule has 0 saturated carbocycles. The summed E-state index contributed by atoms with van der Waals surface area (Å²) < 4.78 is 2.01. The van der Waals surface area contributed by atoms with Crippen LogP contribution in [0.25, 0.3) is 0 Å². The Bertz CT molecular complexity index is 496. The fourth-order valence-corrected chi connectivity index (χ4v) is 2.82. The van der Waals surface area contributed by atoms with Crippen LogP contribution in [-0.4, -0.2) is 14.8 Å². The Balaban J connectivity index is 2.48. The lowest BCUT2D eigenvalue weighted by molar-refractivity contribution is 0.484. The zero-order valence-corrected chi connectivity index (χ0v) is 12.0. The van der Waals surface area contributed by atoms with Crippen molar-refractivity contribution < 1.29 is 0 Å². The zero-order valence-electron chi connectivity index (χ0n) is 10.4. The summed E-state index contributed by atoms with van der Waals surface area (Å²) in [6.45, 7) is 8.47. The number of hydrogen-bond acceptors (Lipinski definition) is 3. The van der Waals surface area contributed by atoms with Crippen LogP contribution in [0.2, 0.25) is 5.28 Å². The Kier molecular flexibility index (Phi) is 3.27. The standard InChI is InChI=1S/C12H16ClN3S/c1-8(9-6-5-7-17-9)16-10(12(2,3)4)14-15-11(16)13/h5-8H,1-4H3. The van der Waals surface area contributed by atoms with Crippen LogP contribution in [0.3, 0.4) is 0 Å². The smallest absolute Gasteiger partial charge is 0.225 e. The normalized spacial score (nSPS) is 13.9. The van der Waals surface area contributed by atoms with Gasteiger partial charge in [0.15, 0.2) is 0 Å². The average molecular weight is 270 g/mol. The molecule has 0 aliphatic carbocycles. The molecular weight excluding hydrogens is 254 g/mol. The molecule has 0 fully saturated rings. The van der Waals surface area contributed by atoms with Crippen molar-refractivity contribution in [3.05, 3.63) is 33.5 Å². The third kappa shape index (κ3) is 2.38. The van der Waals surface area contributed by atoms with Gasteiger partial charge in [0.1, 0.15) is 5.82 Å². The quantitative estimate of drug-likeness (QED) is 0.828. The molecule has 2 heterocycles. The first-order chi connectivity index (χ1) is 7.91. The van der Waals surface area contributed by atoms with Gasteiger partial charge >= 0.3 is 0 Å². The number of halogens is 1. The highest BCUT2D eigenvalue weighted by Gasteiger charge is 2.26. The van der Waals surface area contributed by atoms with E-state index in [0.29, 0.717) is 5.28 Å². The molecule has 0 bridgehead atoms. The van der Waals surface area contributed by atoms with Crippen molar-refractivity contribution in [2.75, 3.05) is 0 Å². The van der Waals surface area contributed by atoms with E-state index in [1.54, 1.807) is 11.3 Å². The molecule has 2 aromatic heterocycles. The Morgan fingerprint density at radius 3 is 2.59 bits per heavy atom. The number of thiophene rings is 1. The maximum atomic E-state index is 6.16. The summed E-state index contributed by atoms with van der Waals surface area (Å²) in [5.41, 5.74) is -0.0638. The molecule has 0 spiro atoms. The second-order valence-electron chi connectivity index (χ2n) is 5.10. The monoisotopic (exact) mass is 269 g/mol. The molecule has 2 rings (SSSR count). The van der Waals surface area contributed by atoms with Gasteiger partial charge in [0, 0.05) is 10.3 Å². The molecule has 1 unspecified atom stereocenters. The predicted octanol–water partition coefficient (Wildman–Crippen LogP) is 3.90. The molecule has 3 nitrogen and oxygen atoms in total. The second-order valence-corrected chi connectivity index (χ2v) is 6.42. The lowest BCUT2D eigenvalue weighted by Gasteiger charge is -2.22. The molecule has 0 radical (unpaired) electrons. The van der Waals surface area contributed by atoms with E-state index in [1.165, 1.54) is 4.88 Å². The van der Waals surface area contributed by atoms with Crippen molar-refractivity contribution in [3.8, 4) is 0 Å². The van der Waals surface area contributed by atoms with E-state index < -0.39 is 0 Å². The van der Waals surface area contributed by atoms with E-state index in [0.717, 1.165) is 5.82 Å². The van der Waals surface area contributed by atoms with E-state index in [9.17, 15) is 0 Å². The largest absolute Gasteiger partial charge is 0.293 e. The minimum atomic E-state index is -0.0638. The molecule has 0 aromatic carbocycles. The Labute approximate surface area is 110 Å². The third-order valence-corrected chi connectivity index (χ3v) is 3.97. The van der Waals surface area contributed by atoms with Crippen molar-refractivity contribution in [1.29, 1.82) is 0 Å². The molecule has 92 valence electrons. The summed E-state index contributed by atoms with van der Waals surface area (Å²) in [6, 6.07) is 4.33. The third-order valence-electron chi connectivity index (χ3n) is 2.67. The van der Waals surface area contributed by atoms with Crippen LogP contribution < -0.4 is 0 Å². The van der Waals surface area contributed by atoms with Gasteiger partial charge in [0.2, 0.25) is 5.28 Å². The molecule has 0 N–H and O–H groups in total. The average Bonchev–Trinajstić information content (AvgIpc) is 2.83. The minimum absolute atomic E-state index is 0.0638. The maximum absolute atomic E-state index is 6.16. The van der Waals surface area contributed by atoms with Gasteiger partial charge in [-0.25, -0.2) is 0 Å². The van der Waals surface area contributed by atoms with Gasteiger partial charge in [0.25, 0.3) is 0 Å². The summed E-state index contributed by atoms with van der Waals surface area (Å²) >= 11 is 7.88. The predicted molar refractivity (Wildman–Crippen MR) is 71.9 cm³/mol. The molecule has 0 aliphatic heterocycles. The number of nitrogens with zero attached hydrogens (tertiary/aromatic N) is 3. The van der Waals surface area contributed by atoms with Crippen molar-refractivity contribution in [3.63, 3.8) is 0 Å². The van der Waals surface area contributed by atoms with Crippen LogP contribution in [0.15, 0.2) is 17.5 Å². The van der Waals surface area contributed by atoms with Crippen LogP contribution in [0, 0.1) is 0 Å². The van der Waals surface area contributed by atoms with Crippen LogP contribution in [0.4, 0.5) is 0 Å². The molecule has 5 heteroatoms. The SMILES string of the molecule is CC(c1cccs1)n1c(Cl)nnc1C(C)(C)C. The van der Waals surface area contributed by atoms with Crippen molar-refractivity contribution >= 4 is 22.9 Å². The summed E-state index contributed by atoms with van der Waals surface area (Å²) in [5, 5.41) is 10.7. The Morgan fingerprint density at radius 1 is 1.35 bits per heavy atom. The number of rotatable bonds is 2. The summed E-state index contributed by atoms with van der Waals surface area (Å²) in [5.74, 6) is 0.920. The Hall–Kier alpha value is -0.870. The summed E-state index contributed by atoms with van der Waals surface area (Å²) in [4.78, 5) is 1.26. The van der Waals surface area contributed by atoms with Crippen molar-refractivity contribution in [2.45, 2.75) is 39.2 Å². The van der Waals surface area contributed by atoms with Crippen LogP contribution in [0.1, 0.15) is 44.4 Å². The van der Waals surface area contributed by atoms with E-state index in [2.05, 4.69) is 49.3 Å². The molecular formula is C12H16ClN3S. The van der Waals surface area contributed by atoms with Crippen LogP contribution in [0.5, 0.6) is 0 Å². The highest BCUT2D eigenvalue weighted by atomic mass is 35.5.